The van der Waals surface area contributed by atoms with Crippen LogP contribution in [0, 0.1) is 18.8 Å². The van der Waals surface area contributed by atoms with Crippen molar-refractivity contribution in [1.82, 2.24) is 4.90 Å². The van der Waals surface area contributed by atoms with Gasteiger partial charge < -0.3 is 10.0 Å². The highest BCUT2D eigenvalue weighted by Gasteiger charge is 2.47. The molecule has 0 amide bonds. The van der Waals surface area contributed by atoms with E-state index in [9.17, 15) is 5.11 Å². The molecule has 1 N–H and O–H groups in total. The molecule has 5 rings (SSSR count). The van der Waals surface area contributed by atoms with Crippen LogP contribution in [0.3, 0.4) is 0 Å². The molecular formula is C23H29NO. The number of rotatable bonds is 5. The third kappa shape index (κ3) is 3.38. The molecular weight excluding hydrogens is 306 g/mol. The van der Waals surface area contributed by atoms with Crippen molar-refractivity contribution in [3.05, 3.63) is 71.3 Å². The average Bonchev–Trinajstić information content (AvgIpc) is 2.69. The van der Waals surface area contributed by atoms with E-state index >= 15 is 0 Å². The predicted molar refractivity (Wildman–Crippen MR) is 102 cm³/mol. The Balaban J connectivity index is 1.61. The van der Waals surface area contributed by atoms with Crippen molar-refractivity contribution in [3.8, 4) is 0 Å². The van der Waals surface area contributed by atoms with E-state index in [0.717, 1.165) is 24.9 Å². The highest BCUT2D eigenvalue weighted by molar-refractivity contribution is 5.26. The molecule has 2 atom stereocenters. The van der Waals surface area contributed by atoms with Crippen LogP contribution in [0.25, 0.3) is 0 Å². The molecule has 3 fully saturated rings. The fourth-order valence-electron chi connectivity index (χ4n) is 4.87. The zero-order valence-electron chi connectivity index (χ0n) is 15.2. The molecule has 0 saturated carbocycles. The van der Waals surface area contributed by atoms with Gasteiger partial charge in [0.15, 0.2) is 0 Å². The fraction of sp³-hybridized carbons (Fsp3) is 0.478. The van der Waals surface area contributed by atoms with Gasteiger partial charge in [-0.3, -0.25) is 0 Å². The summed E-state index contributed by atoms with van der Waals surface area (Å²) < 4.78 is 0. The highest BCUT2D eigenvalue weighted by Crippen LogP contribution is 2.45. The summed E-state index contributed by atoms with van der Waals surface area (Å²) in [6.07, 6.45) is 4.21. The first-order chi connectivity index (χ1) is 12.1. The number of aliphatic hydroxyl groups is 1. The number of nitrogens with zero attached hydrogens (tertiary/aromatic N) is 1. The van der Waals surface area contributed by atoms with Gasteiger partial charge in [-0.15, -0.1) is 0 Å². The number of aryl methyl sites for hydroxylation is 2. The Morgan fingerprint density at radius 1 is 1.00 bits per heavy atom. The van der Waals surface area contributed by atoms with Gasteiger partial charge in [0.1, 0.15) is 0 Å². The average molecular weight is 335 g/mol. The Morgan fingerprint density at radius 2 is 1.68 bits per heavy atom. The smallest absolute Gasteiger partial charge is 0.0942 e. The van der Waals surface area contributed by atoms with Crippen molar-refractivity contribution < 1.29 is 5.11 Å². The molecule has 3 aliphatic rings. The minimum absolute atomic E-state index is 0.350. The van der Waals surface area contributed by atoms with Crippen LogP contribution in [0.15, 0.2) is 54.6 Å². The fourth-order valence-corrected chi connectivity index (χ4v) is 4.87. The summed E-state index contributed by atoms with van der Waals surface area (Å²) in [6, 6.07) is 19.2. The number of hydrogen-bond acceptors (Lipinski definition) is 2. The minimum Gasteiger partial charge on any atom is -0.385 e. The van der Waals surface area contributed by atoms with Crippen LogP contribution in [-0.2, 0) is 12.0 Å². The molecule has 0 radical (unpaired) electrons. The predicted octanol–water partition coefficient (Wildman–Crippen LogP) is 4.16. The molecule has 3 heterocycles. The summed E-state index contributed by atoms with van der Waals surface area (Å²) in [4.78, 5) is 2.55. The molecule has 2 bridgehead atoms. The SMILES string of the molecule is Cc1ccc(CCC(O)(c2ccccc2)C2CN3CCC2CC3)cc1. The van der Waals surface area contributed by atoms with Gasteiger partial charge in [-0.2, -0.15) is 0 Å². The van der Waals surface area contributed by atoms with Crippen molar-refractivity contribution in [3.63, 3.8) is 0 Å². The lowest BCUT2D eigenvalue weighted by atomic mass is 9.66. The third-order valence-corrected chi connectivity index (χ3v) is 6.46. The number of piperidine rings is 3. The van der Waals surface area contributed by atoms with E-state index in [1.54, 1.807) is 0 Å². The molecule has 0 aliphatic carbocycles. The van der Waals surface area contributed by atoms with Crippen LogP contribution < -0.4 is 0 Å². The van der Waals surface area contributed by atoms with Crippen LogP contribution in [-0.4, -0.2) is 29.6 Å². The van der Waals surface area contributed by atoms with Crippen LogP contribution in [0.5, 0.6) is 0 Å². The number of fused-ring (bicyclic) bond motifs is 3. The van der Waals surface area contributed by atoms with Gasteiger partial charge in [-0.1, -0.05) is 60.2 Å². The van der Waals surface area contributed by atoms with E-state index in [2.05, 4.69) is 60.4 Å². The molecule has 2 unspecified atom stereocenters. The normalized spacial score (nSPS) is 27.8. The lowest BCUT2D eigenvalue weighted by molar-refractivity contribution is -0.106. The Hall–Kier alpha value is -1.64. The largest absolute Gasteiger partial charge is 0.385 e. The topological polar surface area (TPSA) is 23.5 Å². The summed E-state index contributed by atoms with van der Waals surface area (Å²) >= 11 is 0. The quantitative estimate of drug-likeness (QED) is 0.887. The first-order valence-electron chi connectivity index (χ1n) is 9.71. The van der Waals surface area contributed by atoms with E-state index < -0.39 is 5.60 Å². The summed E-state index contributed by atoms with van der Waals surface area (Å²) in [5, 5.41) is 11.9. The second kappa shape index (κ2) is 6.93. The maximum absolute atomic E-state index is 11.9. The molecule has 2 aromatic rings. The maximum Gasteiger partial charge on any atom is 0.0942 e. The van der Waals surface area contributed by atoms with E-state index in [-0.39, 0.29) is 0 Å². The van der Waals surface area contributed by atoms with Gasteiger partial charge in [0.25, 0.3) is 0 Å². The van der Waals surface area contributed by atoms with Crippen LogP contribution in [0.1, 0.15) is 36.0 Å². The summed E-state index contributed by atoms with van der Waals surface area (Å²) in [7, 11) is 0. The standard InChI is InChI=1S/C23H29NO/c1-18-7-9-19(10-8-18)11-14-23(25,21-5-3-2-4-6-21)22-17-24-15-12-20(22)13-16-24/h2-10,20,22,25H,11-17H2,1H3. The van der Waals surface area contributed by atoms with E-state index in [4.69, 9.17) is 0 Å². The zero-order valence-corrected chi connectivity index (χ0v) is 15.2. The number of hydrogen-bond donors (Lipinski definition) is 1. The molecule has 25 heavy (non-hydrogen) atoms. The van der Waals surface area contributed by atoms with Crippen molar-refractivity contribution in [2.24, 2.45) is 11.8 Å². The first kappa shape index (κ1) is 16.8. The van der Waals surface area contributed by atoms with Gasteiger partial charge in [0, 0.05) is 12.5 Å². The van der Waals surface area contributed by atoms with E-state index in [0.29, 0.717) is 11.8 Å². The number of benzene rings is 2. The molecule has 2 aromatic carbocycles. The lowest BCUT2D eigenvalue weighted by Crippen LogP contribution is -2.55. The van der Waals surface area contributed by atoms with Gasteiger partial charge in [0.2, 0.25) is 0 Å². The second-order valence-corrected chi connectivity index (χ2v) is 8.02. The first-order valence-corrected chi connectivity index (χ1v) is 9.71. The van der Waals surface area contributed by atoms with E-state index in [1.165, 1.54) is 37.1 Å². The monoisotopic (exact) mass is 335 g/mol. The molecule has 0 aromatic heterocycles. The highest BCUT2D eigenvalue weighted by atomic mass is 16.3. The Bertz CT molecular complexity index is 688. The third-order valence-electron chi connectivity index (χ3n) is 6.46. The van der Waals surface area contributed by atoms with Crippen LogP contribution >= 0.6 is 0 Å². The van der Waals surface area contributed by atoms with Gasteiger partial charge in [-0.05, 0) is 62.7 Å². The van der Waals surface area contributed by atoms with Crippen LogP contribution in [0.4, 0.5) is 0 Å². The molecule has 3 aliphatic heterocycles. The van der Waals surface area contributed by atoms with Crippen molar-refractivity contribution in [2.45, 2.75) is 38.2 Å². The van der Waals surface area contributed by atoms with E-state index in [1.807, 2.05) is 6.07 Å². The van der Waals surface area contributed by atoms with Crippen LogP contribution in [0.2, 0.25) is 0 Å². The van der Waals surface area contributed by atoms with Crippen molar-refractivity contribution in [1.29, 1.82) is 0 Å². The Morgan fingerprint density at radius 3 is 2.28 bits per heavy atom. The Labute approximate surface area is 151 Å². The van der Waals surface area contributed by atoms with Crippen molar-refractivity contribution >= 4 is 0 Å². The Kier molecular flexibility index (Phi) is 4.66. The maximum atomic E-state index is 11.9. The summed E-state index contributed by atoms with van der Waals surface area (Å²) in [6.45, 7) is 5.59. The van der Waals surface area contributed by atoms with Gasteiger partial charge in [-0.25, -0.2) is 0 Å². The molecule has 132 valence electrons. The molecule has 3 saturated heterocycles. The van der Waals surface area contributed by atoms with Gasteiger partial charge >= 0.3 is 0 Å². The van der Waals surface area contributed by atoms with Gasteiger partial charge in [0.05, 0.1) is 5.60 Å². The molecule has 2 heteroatoms. The van der Waals surface area contributed by atoms with Crippen molar-refractivity contribution in [2.75, 3.05) is 19.6 Å². The molecule has 0 spiro atoms. The molecule has 2 nitrogen and oxygen atoms in total. The zero-order chi connectivity index (χ0) is 17.3. The summed E-state index contributed by atoms with van der Waals surface area (Å²) in [5.41, 5.74) is 2.98. The second-order valence-electron chi connectivity index (χ2n) is 8.02. The summed E-state index contributed by atoms with van der Waals surface area (Å²) in [5.74, 6) is 1.01. The lowest BCUT2D eigenvalue weighted by Gasteiger charge is -2.51. The minimum atomic E-state index is -0.726.